The Labute approximate surface area is 100 Å². The second kappa shape index (κ2) is 5.23. The zero-order valence-electron chi connectivity index (χ0n) is 9.60. The van der Waals surface area contributed by atoms with Crippen molar-refractivity contribution in [3.8, 4) is 0 Å². The number of nitrogens with one attached hydrogen (secondary N) is 1. The molecular formula is C13H16N2S. The van der Waals surface area contributed by atoms with E-state index in [0.717, 1.165) is 6.54 Å². The maximum Gasteiger partial charge on any atom is 0.0794 e. The Morgan fingerprint density at radius 2 is 2.19 bits per heavy atom. The Morgan fingerprint density at radius 1 is 1.38 bits per heavy atom. The molecule has 2 aromatic rings. The Kier molecular flexibility index (Phi) is 3.70. The van der Waals surface area contributed by atoms with Gasteiger partial charge in [-0.2, -0.15) is 0 Å². The summed E-state index contributed by atoms with van der Waals surface area (Å²) >= 11 is 1.69. The SMILES string of the molecule is Cc1ccccc1[C@@H](C)NCc1cncs1. The van der Waals surface area contributed by atoms with Crippen molar-refractivity contribution in [3.63, 3.8) is 0 Å². The molecule has 1 aromatic heterocycles. The van der Waals surface area contributed by atoms with Crippen LogP contribution in [0.2, 0.25) is 0 Å². The van der Waals surface area contributed by atoms with E-state index in [4.69, 9.17) is 0 Å². The van der Waals surface area contributed by atoms with E-state index >= 15 is 0 Å². The van der Waals surface area contributed by atoms with E-state index in [9.17, 15) is 0 Å². The molecule has 0 unspecified atom stereocenters. The van der Waals surface area contributed by atoms with Crippen LogP contribution in [-0.2, 0) is 6.54 Å². The summed E-state index contributed by atoms with van der Waals surface area (Å²) in [7, 11) is 0. The van der Waals surface area contributed by atoms with Crippen LogP contribution in [0.3, 0.4) is 0 Å². The third-order valence-electron chi connectivity index (χ3n) is 2.72. The Bertz CT molecular complexity index is 437. The molecule has 0 aliphatic rings. The lowest BCUT2D eigenvalue weighted by atomic mass is 10.0. The minimum atomic E-state index is 0.378. The van der Waals surface area contributed by atoms with Crippen molar-refractivity contribution in [2.24, 2.45) is 0 Å². The molecule has 0 spiro atoms. The molecule has 0 fully saturated rings. The minimum Gasteiger partial charge on any atom is -0.305 e. The molecule has 1 aromatic carbocycles. The molecule has 84 valence electrons. The second-order valence-electron chi connectivity index (χ2n) is 3.93. The van der Waals surface area contributed by atoms with E-state index in [2.05, 4.69) is 48.4 Å². The van der Waals surface area contributed by atoms with Gasteiger partial charge in [0.2, 0.25) is 0 Å². The van der Waals surface area contributed by atoms with Gasteiger partial charge in [-0.1, -0.05) is 24.3 Å². The number of hydrogen-bond acceptors (Lipinski definition) is 3. The minimum absolute atomic E-state index is 0.378. The molecule has 0 aliphatic carbocycles. The Morgan fingerprint density at radius 3 is 2.88 bits per heavy atom. The van der Waals surface area contributed by atoms with Crippen LogP contribution in [0.1, 0.15) is 29.0 Å². The molecule has 1 atom stereocenters. The van der Waals surface area contributed by atoms with E-state index in [1.165, 1.54) is 16.0 Å². The second-order valence-corrected chi connectivity index (χ2v) is 4.90. The number of nitrogens with zero attached hydrogens (tertiary/aromatic N) is 1. The molecule has 2 nitrogen and oxygen atoms in total. The summed E-state index contributed by atoms with van der Waals surface area (Å²) in [4.78, 5) is 5.35. The molecule has 0 bridgehead atoms. The monoisotopic (exact) mass is 232 g/mol. The summed E-state index contributed by atoms with van der Waals surface area (Å²) in [6.45, 7) is 5.24. The van der Waals surface area contributed by atoms with E-state index < -0.39 is 0 Å². The van der Waals surface area contributed by atoms with Crippen LogP contribution in [0.5, 0.6) is 0 Å². The average molecular weight is 232 g/mol. The number of aryl methyl sites for hydroxylation is 1. The van der Waals surface area contributed by atoms with Crippen molar-refractivity contribution >= 4 is 11.3 Å². The third kappa shape index (κ3) is 2.68. The van der Waals surface area contributed by atoms with Gasteiger partial charge >= 0.3 is 0 Å². The molecule has 3 heteroatoms. The van der Waals surface area contributed by atoms with Gasteiger partial charge in [0.15, 0.2) is 0 Å². The van der Waals surface area contributed by atoms with Gasteiger partial charge in [-0.05, 0) is 25.0 Å². The molecule has 0 radical (unpaired) electrons. The van der Waals surface area contributed by atoms with Gasteiger partial charge < -0.3 is 5.32 Å². The first-order chi connectivity index (χ1) is 7.77. The van der Waals surface area contributed by atoms with Gasteiger partial charge in [0.25, 0.3) is 0 Å². The maximum atomic E-state index is 4.07. The van der Waals surface area contributed by atoms with Crippen LogP contribution in [-0.4, -0.2) is 4.98 Å². The Balaban J connectivity index is 1.98. The molecule has 0 aliphatic heterocycles. The van der Waals surface area contributed by atoms with Crippen LogP contribution < -0.4 is 5.32 Å². The molecule has 0 amide bonds. The van der Waals surface area contributed by atoms with Gasteiger partial charge in [0.1, 0.15) is 0 Å². The fourth-order valence-corrected chi connectivity index (χ4v) is 2.31. The van der Waals surface area contributed by atoms with Gasteiger partial charge in [-0.25, -0.2) is 0 Å². The lowest BCUT2D eigenvalue weighted by molar-refractivity contribution is 0.576. The number of aromatic nitrogens is 1. The fraction of sp³-hybridized carbons (Fsp3) is 0.308. The first-order valence-corrected chi connectivity index (χ1v) is 6.31. The summed E-state index contributed by atoms with van der Waals surface area (Å²) < 4.78 is 0. The third-order valence-corrected chi connectivity index (χ3v) is 3.50. The van der Waals surface area contributed by atoms with Crippen molar-refractivity contribution < 1.29 is 0 Å². The normalized spacial score (nSPS) is 12.6. The van der Waals surface area contributed by atoms with E-state index in [1.54, 1.807) is 11.3 Å². The van der Waals surface area contributed by atoms with Gasteiger partial charge in [-0.15, -0.1) is 11.3 Å². The van der Waals surface area contributed by atoms with Crippen molar-refractivity contribution in [2.45, 2.75) is 26.4 Å². The number of rotatable bonds is 4. The topological polar surface area (TPSA) is 24.9 Å². The molecule has 0 saturated carbocycles. The van der Waals surface area contributed by atoms with Crippen LogP contribution in [0.4, 0.5) is 0 Å². The predicted octanol–water partition coefficient (Wildman–Crippen LogP) is 3.30. The standard InChI is InChI=1S/C13H16N2S/c1-10-5-3-4-6-13(10)11(2)15-8-12-7-14-9-16-12/h3-7,9,11,15H,8H2,1-2H3/t11-/m1/s1. The Hall–Kier alpha value is -1.19. The largest absolute Gasteiger partial charge is 0.305 e. The quantitative estimate of drug-likeness (QED) is 0.875. The summed E-state index contributed by atoms with van der Waals surface area (Å²) in [5.41, 5.74) is 4.58. The fourth-order valence-electron chi connectivity index (χ4n) is 1.77. The molecule has 2 rings (SSSR count). The van der Waals surface area contributed by atoms with E-state index in [0.29, 0.717) is 6.04 Å². The zero-order valence-corrected chi connectivity index (χ0v) is 10.4. The molecule has 0 saturated heterocycles. The first kappa shape index (κ1) is 11.3. The van der Waals surface area contributed by atoms with E-state index in [1.807, 2.05) is 11.7 Å². The van der Waals surface area contributed by atoms with Gasteiger partial charge in [0, 0.05) is 23.7 Å². The summed E-state index contributed by atoms with van der Waals surface area (Å²) in [5.74, 6) is 0. The molecule has 1 N–H and O–H groups in total. The van der Waals surface area contributed by atoms with Crippen molar-refractivity contribution in [1.82, 2.24) is 10.3 Å². The number of hydrogen-bond donors (Lipinski definition) is 1. The number of benzene rings is 1. The van der Waals surface area contributed by atoms with Gasteiger partial charge in [0.05, 0.1) is 5.51 Å². The molecular weight excluding hydrogens is 216 g/mol. The smallest absolute Gasteiger partial charge is 0.0794 e. The van der Waals surface area contributed by atoms with Crippen molar-refractivity contribution in [1.29, 1.82) is 0 Å². The predicted molar refractivity (Wildman–Crippen MR) is 68.5 cm³/mol. The lowest BCUT2D eigenvalue weighted by Gasteiger charge is -2.15. The maximum absolute atomic E-state index is 4.07. The summed E-state index contributed by atoms with van der Waals surface area (Å²) in [6, 6.07) is 8.88. The zero-order chi connectivity index (χ0) is 11.4. The highest BCUT2D eigenvalue weighted by molar-refractivity contribution is 7.09. The number of thiazole rings is 1. The van der Waals surface area contributed by atoms with Crippen LogP contribution in [0.25, 0.3) is 0 Å². The average Bonchev–Trinajstić information content (AvgIpc) is 2.79. The highest BCUT2D eigenvalue weighted by Crippen LogP contribution is 2.17. The summed E-state index contributed by atoms with van der Waals surface area (Å²) in [6.07, 6.45) is 1.92. The lowest BCUT2D eigenvalue weighted by Crippen LogP contribution is -2.18. The van der Waals surface area contributed by atoms with Crippen LogP contribution >= 0.6 is 11.3 Å². The van der Waals surface area contributed by atoms with Crippen molar-refractivity contribution in [3.05, 3.63) is 52.0 Å². The first-order valence-electron chi connectivity index (χ1n) is 5.43. The highest BCUT2D eigenvalue weighted by Gasteiger charge is 2.07. The van der Waals surface area contributed by atoms with Crippen LogP contribution in [0.15, 0.2) is 36.0 Å². The molecule has 1 heterocycles. The molecule has 16 heavy (non-hydrogen) atoms. The highest BCUT2D eigenvalue weighted by atomic mass is 32.1. The van der Waals surface area contributed by atoms with Crippen LogP contribution in [0, 0.1) is 6.92 Å². The van der Waals surface area contributed by atoms with Crippen molar-refractivity contribution in [2.75, 3.05) is 0 Å². The van der Waals surface area contributed by atoms with E-state index in [-0.39, 0.29) is 0 Å². The summed E-state index contributed by atoms with van der Waals surface area (Å²) in [5, 5.41) is 3.51. The van der Waals surface area contributed by atoms with Gasteiger partial charge in [-0.3, -0.25) is 4.98 Å².